The number of aromatic nitrogens is 2. The Morgan fingerprint density at radius 2 is 2.09 bits per heavy atom. The molecular formula is C14H22FN2O5P. The van der Waals surface area contributed by atoms with Gasteiger partial charge in [-0.1, -0.05) is 6.92 Å². The molecule has 1 aromatic heterocycles. The van der Waals surface area contributed by atoms with Crippen LogP contribution in [0.15, 0.2) is 15.8 Å². The molecule has 130 valence electrons. The smallest absolute Gasteiger partial charge is 0.330 e. The number of halogens is 1. The third-order valence-electron chi connectivity index (χ3n) is 3.94. The summed E-state index contributed by atoms with van der Waals surface area (Å²) in [6.45, 7) is 6.44. The highest BCUT2D eigenvalue weighted by atomic mass is 31.2. The normalized spacial score (nSPS) is 29.7. The predicted molar refractivity (Wildman–Crippen MR) is 84.4 cm³/mol. The summed E-state index contributed by atoms with van der Waals surface area (Å²) in [5, 5.41) is 10.1. The fraction of sp³-hybridized carbons (Fsp3) is 0.714. The Labute approximate surface area is 132 Å². The van der Waals surface area contributed by atoms with E-state index in [1.54, 1.807) is 20.3 Å². The predicted octanol–water partition coefficient (Wildman–Crippen LogP) is 0.700. The molecule has 7 nitrogen and oxygen atoms in total. The van der Waals surface area contributed by atoms with Crippen molar-refractivity contribution in [1.29, 1.82) is 0 Å². The number of aliphatic hydroxyl groups is 1. The molecule has 2 rings (SSSR count). The lowest BCUT2D eigenvalue weighted by Crippen LogP contribution is -2.37. The van der Waals surface area contributed by atoms with Gasteiger partial charge in [-0.3, -0.25) is 14.3 Å². The van der Waals surface area contributed by atoms with Gasteiger partial charge in [0.15, 0.2) is 12.4 Å². The third-order valence-corrected chi connectivity index (χ3v) is 5.40. The maximum atomic E-state index is 14.4. The lowest BCUT2D eigenvalue weighted by atomic mass is 10.0. The van der Waals surface area contributed by atoms with Crippen molar-refractivity contribution in [3.63, 3.8) is 0 Å². The summed E-state index contributed by atoms with van der Waals surface area (Å²) in [6.07, 6.45) is -3.94. The summed E-state index contributed by atoms with van der Waals surface area (Å²) in [4.78, 5) is 25.4. The van der Waals surface area contributed by atoms with Crippen LogP contribution in [0.3, 0.4) is 0 Å². The van der Waals surface area contributed by atoms with Crippen molar-refractivity contribution in [1.82, 2.24) is 9.55 Å². The topological polar surface area (TPSA) is 101 Å². The van der Waals surface area contributed by atoms with E-state index in [4.69, 9.17) is 4.74 Å². The second-order valence-electron chi connectivity index (χ2n) is 6.64. The number of H-pyrrole nitrogens is 1. The minimum Gasteiger partial charge on any atom is -0.387 e. The van der Waals surface area contributed by atoms with E-state index in [0.717, 1.165) is 4.57 Å². The molecule has 0 saturated carbocycles. The molecule has 23 heavy (non-hydrogen) atoms. The van der Waals surface area contributed by atoms with Crippen molar-refractivity contribution in [2.75, 3.05) is 19.5 Å². The zero-order valence-electron chi connectivity index (χ0n) is 13.5. The first kappa shape index (κ1) is 18.1. The van der Waals surface area contributed by atoms with Crippen molar-refractivity contribution in [3.8, 4) is 0 Å². The number of aromatic amines is 1. The minimum atomic E-state index is -2.37. The van der Waals surface area contributed by atoms with Gasteiger partial charge >= 0.3 is 5.69 Å². The van der Waals surface area contributed by atoms with Crippen LogP contribution in [0, 0.1) is 12.8 Å². The highest BCUT2D eigenvalue weighted by Gasteiger charge is 2.48. The Balaban J connectivity index is 2.30. The van der Waals surface area contributed by atoms with Gasteiger partial charge in [-0.2, -0.15) is 0 Å². The molecule has 1 saturated heterocycles. The van der Waals surface area contributed by atoms with Gasteiger partial charge < -0.3 is 14.4 Å². The quantitative estimate of drug-likeness (QED) is 0.780. The number of rotatable bonds is 4. The SMILES string of the molecule is Cc1cn([C@@H]2O[C@H]([C@@H](C)CP(C)(C)=O)[C@@H](O)[C@H]2F)c(=O)[nH]c1=O. The van der Waals surface area contributed by atoms with Crippen LogP contribution in [0.5, 0.6) is 0 Å². The maximum Gasteiger partial charge on any atom is 0.330 e. The van der Waals surface area contributed by atoms with E-state index in [0.29, 0.717) is 6.16 Å². The van der Waals surface area contributed by atoms with Crippen LogP contribution in [-0.4, -0.2) is 52.5 Å². The Kier molecular flexibility index (Phi) is 4.99. The molecule has 1 aliphatic rings. The maximum absolute atomic E-state index is 14.4. The molecule has 1 fully saturated rings. The number of ether oxygens (including phenoxy) is 1. The standard InChI is InChI=1S/C14H22FN2O5P/c1-7-5-17(14(20)16-12(7)19)13-9(15)10(18)11(22-13)8(2)6-23(3,4)21/h5,8-11,13,18H,6H2,1-4H3,(H,16,19,20)/t8-,9+,10-,11+,13+/m0/s1. The van der Waals surface area contributed by atoms with Crippen LogP contribution in [-0.2, 0) is 9.30 Å². The average molecular weight is 348 g/mol. The van der Waals surface area contributed by atoms with E-state index in [1.807, 2.05) is 0 Å². The van der Waals surface area contributed by atoms with Gasteiger partial charge in [0, 0.05) is 17.9 Å². The summed E-state index contributed by atoms with van der Waals surface area (Å²) < 4.78 is 32.8. The van der Waals surface area contributed by atoms with Crippen molar-refractivity contribution in [2.45, 2.75) is 38.5 Å². The van der Waals surface area contributed by atoms with E-state index in [1.165, 1.54) is 13.1 Å². The Hall–Kier alpha value is -1.24. The number of nitrogens with zero attached hydrogens (tertiary/aromatic N) is 1. The molecule has 0 bridgehead atoms. The van der Waals surface area contributed by atoms with Crippen molar-refractivity contribution >= 4 is 7.14 Å². The first-order valence-corrected chi connectivity index (χ1v) is 10.1. The Morgan fingerprint density at radius 1 is 1.48 bits per heavy atom. The molecule has 1 aliphatic heterocycles. The van der Waals surface area contributed by atoms with E-state index in [2.05, 4.69) is 4.98 Å². The van der Waals surface area contributed by atoms with Gasteiger partial charge in [-0.05, 0) is 26.2 Å². The highest BCUT2D eigenvalue weighted by Crippen LogP contribution is 2.42. The lowest BCUT2D eigenvalue weighted by molar-refractivity contribution is -0.0463. The van der Waals surface area contributed by atoms with Gasteiger partial charge in [0.25, 0.3) is 5.56 Å². The number of alkyl halides is 1. The van der Waals surface area contributed by atoms with Crippen molar-refractivity contribution in [3.05, 3.63) is 32.6 Å². The first-order chi connectivity index (χ1) is 10.5. The van der Waals surface area contributed by atoms with E-state index < -0.39 is 43.0 Å². The van der Waals surface area contributed by atoms with Gasteiger partial charge in [-0.15, -0.1) is 0 Å². The van der Waals surface area contributed by atoms with E-state index in [-0.39, 0.29) is 11.5 Å². The number of hydrogen-bond donors (Lipinski definition) is 2. The number of aliphatic hydroxyl groups excluding tert-OH is 1. The van der Waals surface area contributed by atoms with Crippen LogP contribution < -0.4 is 11.2 Å². The van der Waals surface area contributed by atoms with Crippen LogP contribution in [0.25, 0.3) is 0 Å². The molecule has 0 spiro atoms. The van der Waals surface area contributed by atoms with E-state index in [9.17, 15) is 23.7 Å². The first-order valence-electron chi connectivity index (χ1n) is 7.35. The third kappa shape index (κ3) is 3.82. The summed E-state index contributed by atoms with van der Waals surface area (Å²) in [7, 11) is -2.37. The Bertz CT molecular complexity index is 739. The van der Waals surface area contributed by atoms with Crippen molar-refractivity contribution < 1.29 is 18.8 Å². The summed E-state index contributed by atoms with van der Waals surface area (Å²) in [6, 6.07) is 0. The summed E-state index contributed by atoms with van der Waals surface area (Å²) in [5.41, 5.74) is -1.12. The molecule has 5 atom stereocenters. The fourth-order valence-corrected chi connectivity index (χ4v) is 4.52. The number of aryl methyl sites for hydroxylation is 1. The molecule has 9 heteroatoms. The monoisotopic (exact) mass is 348 g/mol. The van der Waals surface area contributed by atoms with Gasteiger partial charge in [0.1, 0.15) is 6.10 Å². The fourth-order valence-electron chi connectivity index (χ4n) is 2.93. The van der Waals surface area contributed by atoms with Crippen LogP contribution in [0.1, 0.15) is 18.7 Å². The molecule has 0 amide bonds. The largest absolute Gasteiger partial charge is 0.387 e. The zero-order chi connectivity index (χ0) is 17.5. The lowest BCUT2D eigenvalue weighted by Gasteiger charge is -2.23. The van der Waals surface area contributed by atoms with Gasteiger partial charge in [0.05, 0.1) is 13.2 Å². The molecule has 2 N–H and O–H groups in total. The van der Waals surface area contributed by atoms with Crippen LogP contribution in [0.2, 0.25) is 0 Å². The Morgan fingerprint density at radius 3 is 2.65 bits per heavy atom. The van der Waals surface area contributed by atoms with E-state index >= 15 is 0 Å². The minimum absolute atomic E-state index is 0.234. The van der Waals surface area contributed by atoms with Crippen LogP contribution in [0.4, 0.5) is 4.39 Å². The van der Waals surface area contributed by atoms with Gasteiger partial charge in [-0.25, -0.2) is 9.18 Å². The molecule has 0 unspecified atom stereocenters. The zero-order valence-corrected chi connectivity index (χ0v) is 14.4. The molecule has 0 aliphatic carbocycles. The molecule has 0 aromatic carbocycles. The molecule has 2 heterocycles. The highest BCUT2D eigenvalue weighted by molar-refractivity contribution is 7.62. The molecule has 1 aromatic rings. The summed E-state index contributed by atoms with van der Waals surface area (Å²) in [5.74, 6) is -0.339. The van der Waals surface area contributed by atoms with Gasteiger partial charge in [0.2, 0.25) is 0 Å². The molecular weight excluding hydrogens is 326 g/mol. The number of hydrogen-bond acceptors (Lipinski definition) is 5. The van der Waals surface area contributed by atoms with Crippen LogP contribution >= 0.6 is 7.14 Å². The summed E-state index contributed by atoms with van der Waals surface area (Å²) >= 11 is 0. The second kappa shape index (κ2) is 6.34. The number of nitrogens with one attached hydrogen (secondary N) is 1. The molecule has 0 radical (unpaired) electrons. The second-order valence-corrected chi connectivity index (χ2v) is 10.2. The van der Waals surface area contributed by atoms with Crippen molar-refractivity contribution in [2.24, 2.45) is 5.92 Å². The average Bonchev–Trinajstić information content (AvgIpc) is 2.69.